The van der Waals surface area contributed by atoms with Gasteiger partial charge in [0, 0.05) is 6.42 Å². The summed E-state index contributed by atoms with van der Waals surface area (Å²) in [5, 5.41) is 121. The van der Waals surface area contributed by atoms with Crippen molar-refractivity contribution in [1.82, 2.24) is 5.32 Å². The van der Waals surface area contributed by atoms with E-state index in [1.807, 2.05) is 6.08 Å². The van der Waals surface area contributed by atoms with Gasteiger partial charge in [0.25, 0.3) is 0 Å². The van der Waals surface area contributed by atoms with Gasteiger partial charge in [-0.1, -0.05) is 247 Å². The van der Waals surface area contributed by atoms with E-state index in [-0.39, 0.29) is 18.9 Å². The van der Waals surface area contributed by atoms with E-state index in [1.54, 1.807) is 6.08 Å². The molecule has 0 spiro atoms. The van der Waals surface area contributed by atoms with Gasteiger partial charge >= 0.3 is 0 Å². The lowest BCUT2D eigenvalue weighted by molar-refractivity contribution is -0.379. The van der Waals surface area contributed by atoms with E-state index >= 15 is 0 Å². The van der Waals surface area contributed by atoms with Crippen LogP contribution in [-0.4, -0.2) is 193 Å². The Morgan fingerprint density at radius 1 is 0.394 bits per heavy atom. The maximum absolute atomic E-state index is 13.4. The van der Waals surface area contributed by atoms with Crippen LogP contribution < -0.4 is 5.32 Å². The molecule has 3 fully saturated rings. The number of rotatable bonds is 56. The predicted octanol–water partition coefficient (Wildman–Crippen LogP) is 10.7. The minimum absolute atomic E-state index is 0.211. The minimum Gasteiger partial charge on any atom is -0.394 e. The van der Waals surface area contributed by atoms with Gasteiger partial charge in [0.1, 0.15) is 73.2 Å². The molecule has 3 saturated heterocycles. The summed E-state index contributed by atoms with van der Waals surface area (Å²) in [4.78, 5) is 13.4. The number of nitrogens with one attached hydrogen (secondary N) is 1. The van der Waals surface area contributed by atoms with E-state index in [0.29, 0.717) is 12.8 Å². The molecule has 17 unspecified atom stereocenters. The van der Waals surface area contributed by atoms with E-state index < -0.39 is 124 Å². The van der Waals surface area contributed by atoms with Crippen LogP contribution in [0.3, 0.4) is 0 Å². The summed E-state index contributed by atoms with van der Waals surface area (Å²) < 4.78 is 34.3. The van der Waals surface area contributed by atoms with Crippen LogP contribution in [0.15, 0.2) is 85.1 Å². The van der Waals surface area contributed by atoms with Gasteiger partial charge in [0.15, 0.2) is 18.9 Å². The Morgan fingerprint density at radius 2 is 0.745 bits per heavy atom. The van der Waals surface area contributed by atoms with Crippen molar-refractivity contribution >= 4 is 5.91 Å². The second kappa shape index (κ2) is 55.8. The van der Waals surface area contributed by atoms with Crippen molar-refractivity contribution in [2.75, 3.05) is 26.4 Å². The number of unbranched alkanes of at least 4 members (excludes halogenated alkanes) is 28. The lowest BCUT2D eigenvalue weighted by Gasteiger charge is -2.48. The van der Waals surface area contributed by atoms with Crippen molar-refractivity contribution in [3.8, 4) is 0 Å². The molecule has 0 saturated carbocycles. The molecule has 0 aliphatic carbocycles. The van der Waals surface area contributed by atoms with Crippen molar-refractivity contribution in [2.45, 2.75) is 356 Å². The van der Waals surface area contributed by atoms with Gasteiger partial charge in [0.05, 0.1) is 38.6 Å². The third kappa shape index (κ3) is 36.7. The first-order valence-corrected chi connectivity index (χ1v) is 36.8. The van der Waals surface area contributed by atoms with E-state index in [2.05, 4.69) is 92.1 Å². The molecule has 3 rings (SSSR count). The number of carbonyl (C=O) groups is 1. The molecule has 1 amide bonds. The van der Waals surface area contributed by atoms with Crippen molar-refractivity contribution in [3.63, 3.8) is 0 Å². The summed E-state index contributed by atoms with van der Waals surface area (Å²) >= 11 is 0. The van der Waals surface area contributed by atoms with Crippen molar-refractivity contribution < 1.29 is 89.4 Å². The molecule has 544 valence electrons. The Labute approximate surface area is 565 Å². The van der Waals surface area contributed by atoms with Crippen LogP contribution in [0.2, 0.25) is 0 Å². The number of amides is 1. The summed E-state index contributed by atoms with van der Waals surface area (Å²) in [5.74, 6) is -0.305. The van der Waals surface area contributed by atoms with E-state index in [0.717, 1.165) is 89.9 Å². The standard InChI is InChI=1S/C75H131NO18/c1-3-5-7-9-11-13-15-17-19-21-23-24-25-26-27-28-29-30-31-32-33-35-36-38-40-42-44-46-48-50-52-59(80)58(76-63(81)53-51-49-47-45-43-41-39-37-34-22-20-18-16-14-12-10-8-6-4-2)57-89-73-69(87)66(84)71(61(55-78)91-73)94-75-70(88)67(85)72(62(56-79)92-75)93-74-68(86)65(83)64(82)60(54-77)90-74/h6,8,12,14,18,20,34-37,42,44,50,52,58-62,64-75,77-80,82-88H,3-5,7,9-11,13,15-17,19,21-33,38-41,43,45-49,51,53-57H2,1-2H3,(H,76,81)/b8-6-,14-12-,20-18-,36-35+,37-34-,44-42+,52-50+. The van der Waals surface area contributed by atoms with Gasteiger partial charge in [0.2, 0.25) is 5.91 Å². The molecule has 19 nitrogen and oxygen atoms in total. The largest absolute Gasteiger partial charge is 0.394 e. The highest BCUT2D eigenvalue weighted by molar-refractivity contribution is 5.76. The van der Waals surface area contributed by atoms with Crippen LogP contribution in [-0.2, 0) is 33.2 Å². The van der Waals surface area contributed by atoms with Crippen LogP contribution in [0.5, 0.6) is 0 Å². The second-order valence-electron chi connectivity index (χ2n) is 26.0. The van der Waals surface area contributed by atoms with E-state index in [1.165, 1.54) is 128 Å². The highest BCUT2D eigenvalue weighted by atomic mass is 16.8. The van der Waals surface area contributed by atoms with Gasteiger partial charge in [-0.2, -0.15) is 0 Å². The molecule has 3 aliphatic rings. The highest BCUT2D eigenvalue weighted by Gasteiger charge is 2.53. The summed E-state index contributed by atoms with van der Waals surface area (Å²) in [6.07, 6.45) is 45.7. The number of ether oxygens (including phenoxy) is 6. The zero-order valence-corrected chi connectivity index (χ0v) is 57.7. The van der Waals surface area contributed by atoms with Crippen LogP contribution in [0.25, 0.3) is 0 Å². The van der Waals surface area contributed by atoms with Crippen molar-refractivity contribution in [3.05, 3.63) is 85.1 Å². The summed E-state index contributed by atoms with van der Waals surface area (Å²) in [5.41, 5.74) is 0. The monoisotopic (exact) mass is 1330 g/mol. The Bertz CT molecular complexity index is 2030. The normalized spacial score (nSPS) is 27.9. The fraction of sp³-hybridized carbons (Fsp3) is 0.800. The van der Waals surface area contributed by atoms with Gasteiger partial charge in [-0.25, -0.2) is 0 Å². The molecule has 19 heteroatoms. The molecule has 0 aromatic heterocycles. The quantitative estimate of drug-likeness (QED) is 0.0199. The molecule has 0 radical (unpaired) electrons. The molecule has 12 N–H and O–H groups in total. The topological polar surface area (TPSA) is 307 Å². The summed E-state index contributed by atoms with van der Waals surface area (Å²) in [6.45, 7) is 1.59. The van der Waals surface area contributed by atoms with Crippen LogP contribution in [0.1, 0.15) is 251 Å². The molecule has 0 aromatic rings. The third-order valence-electron chi connectivity index (χ3n) is 17.9. The SMILES string of the molecule is CC/C=C\C/C=C\C/C=C\C/C=C\CCCCCCCCC(=O)NC(COC1OC(CO)C(OC2OC(CO)C(OC3OC(CO)C(O)C(O)C3O)C(O)C2O)C(O)C1O)C(O)/C=C/CC/C=C/CC/C=C/CCCCCCCCCCCCCCCCCCCCCC. The maximum Gasteiger partial charge on any atom is 0.220 e. The molecular weight excluding hydrogens is 1200 g/mol. The molecule has 3 heterocycles. The van der Waals surface area contributed by atoms with Crippen LogP contribution >= 0.6 is 0 Å². The fourth-order valence-corrected chi connectivity index (χ4v) is 12.0. The average molecular weight is 1330 g/mol. The molecule has 0 aromatic carbocycles. The smallest absolute Gasteiger partial charge is 0.220 e. The molecular formula is C75H131NO18. The van der Waals surface area contributed by atoms with Gasteiger partial charge in [-0.15, -0.1) is 0 Å². The van der Waals surface area contributed by atoms with Gasteiger partial charge in [-0.3, -0.25) is 4.79 Å². The Morgan fingerprint density at radius 3 is 1.19 bits per heavy atom. The lowest BCUT2D eigenvalue weighted by Crippen LogP contribution is -2.66. The number of aliphatic hydroxyl groups excluding tert-OH is 11. The number of aliphatic hydroxyl groups is 11. The van der Waals surface area contributed by atoms with Gasteiger partial charge < -0.3 is 89.9 Å². The first kappa shape index (κ1) is 85.2. The number of carbonyl (C=O) groups excluding carboxylic acids is 1. The fourth-order valence-electron chi connectivity index (χ4n) is 12.0. The minimum atomic E-state index is -1.99. The first-order valence-electron chi connectivity index (χ1n) is 36.8. The Balaban J connectivity index is 1.43. The van der Waals surface area contributed by atoms with Crippen molar-refractivity contribution in [1.29, 1.82) is 0 Å². The molecule has 0 bridgehead atoms. The van der Waals surface area contributed by atoms with Crippen molar-refractivity contribution in [2.24, 2.45) is 0 Å². The van der Waals surface area contributed by atoms with E-state index in [9.17, 15) is 61.0 Å². The van der Waals surface area contributed by atoms with Crippen LogP contribution in [0, 0.1) is 0 Å². The second-order valence-corrected chi connectivity index (χ2v) is 26.0. The summed E-state index contributed by atoms with van der Waals surface area (Å²) in [7, 11) is 0. The maximum atomic E-state index is 13.4. The first-order chi connectivity index (χ1) is 45.8. The third-order valence-corrected chi connectivity index (χ3v) is 17.9. The predicted molar refractivity (Wildman–Crippen MR) is 369 cm³/mol. The zero-order chi connectivity index (χ0) is 68.2. The number of allylic oxidation sites excluding steroid dienone is 13. The van der Waals surface area contributed by atoms with E-state index in [4.69, 9.17) is 28.4 Å². The number of hydrogen-bond donors (Lipinski definition) is 12. The molecule has 3 aliphatic heterocycles. The van der Waals surface area contributed by atoms with Crippen LogP contribution in [0.4, 0.5) is 0 Å². The Hall–Kier alpha value is -3.03. The number of hydrogen-bond acceptors (Lipinski definition) is 18. The lowest BCUT2D eigenvalue weighted by atomic mass is 9.96. The molecule has 94 heavy (non-hydrogen) atoms. The zero-order valence-electron chi connectivity index (χ0n) is 57.7. The Kier molecular flexibility index (Phi) is 50.6. The van der Waals surface area contributed by atoms with Gasteiger partial charge in [-0.05, 0) is 83.5 Å². The highest BCUT2D eigenvalue weighted by Crippen LogP contribution is 2.33. The summed E-state index contributed by atoms with van der Waals surface area (Å²) in [6, 6.07) is -1.01. The molecule has 17 atom stereocenters. The average Bonchev–Trinajstić information content (AvgIpc) is 0.787.